The van der Waals surface area contributed by atoms with Crippen molar-refractivity contribution in [3.8, 4) is 0 Å². The lowest BCUT2D eigenvalue weighted by atomic mass is 10.2. The Balaban J connectivity index is 1.60. The second kappa shape index (κ2) is 5.20. The summed E-state index contributed by atoms with van der Waals surface area (Å²) in [6, 6.07) is 1.39. The zero-order valence-electron chi connectivity index (χ0n) is 12.2. The van der Waals surface area contributed by atoms with Crippen molar-refractivity contribution in [2.45, 2.75) is 37.3 Å². The van der Waals surface area contributed by atoms with E-state index in [0.717, 1.165) is 24.5 Å². The number of H-pyrrole nitrogens is 1. The molecule has 1 amide bonds. The predicted molar refractivity (Wildman–Crippen MR) is 74.1 cm³/mol. The van der Waals surface area contributed by atoms with Gasteiger partial charge in [0.1, 0.15) is 12.1 Å². The van der Waals surface area contributed by atoms with Crippen molar-refractivity contribution in [3.63, 3.8) is 0 Å². The first-order valence-corrected chi connectivity index (χ1v) is 7.42. The van der Waals surface area contributed by atoms with Crippen molar-refractivity contribution in [1.82, 2.24) is 25.2 Å². The molecule has 8 nitrogen and oxygen atoms in total. The van der Waals surface area contributed by atoms with E-state index >= 15 is 0 Å². The third kappa shape index (κ3) is 2.29. The molecule has 4 rings (SSSR count). The fourth-order valence-corrected chi connectivity index (χ4v) is 2.88. The summed E-state index contributed by atoms with van der Waals surface area (Å²) in [5.74, 6) is 1.87. The monoisotopic (exact) mass is 303 g/mol. The topological polar surface area (TPSA) is 97.1 Å². The van der Waals surface area contributed by atoms with E-state index in [-0.39, 0.29) is 18.1 Å². The predicted octanol–water partition coefficient (Wildman–Crippen LogP) is 1.27. The number of rotatable bonds is 4. The molecule has 0 unspecified atom stereocenters. The van der Waals surface area contributed by atoms with Crippen LogP contribution in [0.15, 0.2) is 16.9 Å². The van der Waals surface area contributed by atoms with E-state index in [1.807, 2.05) is 0 Å². The van der Waals surface area contributed by atoms with Crippen LogP contribution in [0.2, 0.25) is 0 Å². The minimum Gasteiger partial charge on any atom is -0.380 e. The van der Waals surface area contributed by atoms with Gasteiger partial charge in [-0.15, -0.1) is 0 Å². The second-order valence-electron chi connectivity index (χ2n) is 5.80. The number of amides is 1. The molecule has 0 radical (unpaired) electrons. The Morgan fingerprint density at radius 2 is 2.36 bits per heavy atom. The standard InChI is InChI=1S/C14H17N5O3/c1-21-9-6-11(13-15-12(16-17-13)8-2-3-8)19(7-9)14(20)10-4-5-22-18-10/h4-5,8-9,11H,2-3,6-7H2,1H3,(H,15,16,17)/t9-,11+/m1/s1. The number of aromatic nitrogens is 4. The van der Waals surface area contributed by atoms with Crippen molar-refractivity contribution in [2.24, 2.45) is 0 Å². The molecule has 8 heteroatoms. The van der Waals surface area contributed by atoms with E-state index in [9.17, 15) is 4.79 Å². The maximum atomic E-state index is 12.6. The van der Waals surface area contributed by atoms with Crippen LogP contribution in [-0.4, -0.2) is 50.9 Å². The van der Waals surface area contributed by atoms with Crippen LogP contribution in [-0.2, 0) is 4.74 Å². The van der Waals surface area contributed by atoms with Gasteiger partial charge < -0.3 is 14.2 Å². The van der Waals surface area contributed by atoms with Gasteiger partial charge in [-0.05, 0) is 12.8 Å². The molecule has 1 N–H and O–H groups in total. The lowest BCUT2D eigenvalue weighted by Crippen LogP contribution is -2.32. The van der Waals surface area contributed by atoms with Crippen LogP contribution < -0.4 is 0 Å². The third-order valence-corrected chi connectivity index (χ3v) is 4.29. The summed E-state index contributed by atoms with van der Waals surface area (Å²) in [6.07, 6.45) is 4.36. The lowest BCUT2D eigenvalue weighted by Gasteiger charge is -2.21. The van der Waals surface area contributed by atoms with Gasteiger partial charge in [-0.25, -0.2) is 4.98 Å². The molecule has 0 aromatic carbocycles. The molecule has 116 valence electrons. The number of carbonyl (C=O) groups is 1. The normalized spacial score (nSPS) is 24.9. The van der Waals surface area contributed by atoms with E-state index in [2.05, 4.69) is 20.3 Å². The average Bonchev–Trinajstić information content (AvgIpc) is 3.03. The molecule has 1 aliphatic carbocycles. The number of hydrogen-bond acceptors (Lipinski definition) is 6. The van der Waals surface area contributed by atoms with Gasteiger partial charge in [0, 0.05) is 32.1 Å². The van der Waals surface area contributed by atoms with Gasteiger partial charge in [-0.2, -0.15) is 5.10 Å². The van der Waals surface area contributed by atoms with Crippen molar-refractivity contribution < 1.29 is 14.1 Å². The molecule has 1 saturated heterocycles. The Morgan fingerprint density at radius 3 is 3.05 bits per heavy atom. The maximum Gasteiger partial charge on any atom is 0.276 e. The van der Waals surface area contributed by atoms with Crippen LogP contribution in [0.3, 0.4) is 0 Å². The lowest BCUT2D eigenvalue weighted by molar-refractivity contribution is 0.0674. The molecule has 2 aromatic heterocycles. The van der Waals surface area contributed by atoms with Crippen molar-refractivity contribution in [2.75, 3.05) is 13.7 Å². The first-order chi connectivity index (χ1) is 10.8. The average molecular weight is 303 g/mol. The van der Waals surface area contributed by atoms with E-state index in [1.165, 1.54) is 6.26 Å². The summed E-state index contributed by atoms with van der Waals surface area (Å²) < 4.78 is 10.2. The minimum absolute atomic E-state index is 0.0182. The van der Waals surface area contributed by atoms with Crippen LogP contribution >= 0.6 is 0 Å². The summed E-state index contributed by atoms with van der Waals surface area (Å²) in [5.41, 5.74) is 0.295. The number of likely N-dealkylation sites (tertiary alicyclic amines) is 1. The van der Waals surface area contributed by atoms with E-state index < -0.39 is 0 Å². The van der Waals surface area contributed by atoms with E-state index in [4.69, 9.17) is 9.26 Å². The number of nitrogens with zero attached hydrogens (tertiary/aromatic N) is 4. The van der Waals surface area contributed by atoms with Crippen molar-refractivity contribution >= 4 is 5.91 Å². The molecule has 3 heterocycles. The quantitative estimate of drug-likeness (QED) is 0.913. The van der Waals surface area contributed by atoms with Gasteiger partial charge in [0.05, 0.1) is 12.1 Å². The van der Waals surface area contributed by atoms with Gasteiger partial charge >= 0.3 is 0 Å². The highest BCUT2D eigenvalue weighted by Gasteiger charge is 2.40. The Morgan fingerprint density at radius 1 is 1.50 bits per heavy atom. The smallest absolute Gasteiger partial charge is 0.276 e. The molecule has 1 saturated carbocycles. The fraction of sp³-hybridized carbons (Fsp3) is 0.571. The first kappa shape index (κ1) is 13.4. The molecule has 2 fully saturated rings. The molecular formula is C14H17N5O3. The highest BCUT2D eigenvalue weighted by atomic mass is 16.5. The molecule has 2 aromatic rings. The summed E-state index contributed by atoms with van der Waals surface area (Å²) in [7, 11) is 1.65. The number of aromatic amines is 1. The largest absolute Gasteiger partial charge is 0.380 e. The van der Waals surface area contributed by atoms with Crippen LogP contribution in [0.25, 0.3) is 0 Å². The van der Waals surface area contributed by atoms with Crippen LogP contribution in [0.1, 0.15) is 53.4 Å². The minimum atomic E-state index is -0.178. The third-order valence-electron chi connectivity index (χ3n) is 4.29. The molecule has 22 heavy (non-hydrogen) atoms. The van der Waals surface area contributed by atoms with Gasteiger partial charge in [0.2, 0.25) is 0 Å². The summed E-state index contributed by atoms with van der Waals surface area (Å²) in [4.78, 5) is 18.9. The molecule has 1 aliphatic heterocycles. The molecule has 0 spiro atoms. The van der Waals surface area contributed by atoms with Crippen LogP contribution in [0.5, 0.6) is 0 Å². The van der Waals surface area contributed by atoms with Crippen LogP contribution in [0, 0.1) is 0 Å². The number of ether oxygens (including phenoxy) is 1. The zero-order chi connectivity index (χ0) is 15.1. The zero-order valence-corrected chi connectivity index (χ0v) is 12.2. The molecule has 0 bridgehead atoms. The van der Waals surface area contributed by atoms with Crippen molar-refractivity contribution in [3.05, 3.63) is 29.7 Å². The van der Waals surface area contributed by atoms with Crippen molar-refractivity contribution in [1.29, 1.82) is 0 Å². The number of methoxy groups -OCH3 is 1. The van der Waals surface area contributed by atoms with E-state index in [1.54, 1.807) is 18.1 Å². The van der Waals surface area contributed by atoms with Gasteiger partial charge in [0.25, 0.3) is 5.91 Å². The maximum absolute atomic E-state index is 12.6. The highest BCUT2D eigenvalue weighted by Crippen LogP contribution is 2.39. The summed E-state index contributed by atoms with van der Waals surface area (Å²) >= 11 is 0. The SMILES string of the molecule is CO[C@@H]1C[C@@H](c2nc(C3CC3)n[nH]2)N(C(=O)c2ccon2)C1. The van der Waals surface area contributed by atoms with Gasteiger partial charge in [-0.1, -0.05) is 5.16 Å². The Bertz CT molecular complexity index is 664. The Hall–Kier alpha value is -2.22. The molecular weight excluding hydrogens is 286 g/mol. The van der Waals surface area contributed by atoms with Gasteiger partial charge in [0.15, 0.2) is 11.5 Å². The number of carbonyl (C=O) groups excluding carboxylic acids is 1. The first-order valence-electron chi connectivity index (χ1n) is 7.42. The second-order valence-corrected chi connectivity index (χ2v) is 5.80. The molecule has 2 aliphatic rings. The van der Waals surface area contributed by atoms with Crippen LogP contribution in [0.4, 0.5) is 0 Å². The fourth-order valence-electron chi connectivity index (χ4n) is 2.88. The highest BCUT2D eigenvalue weighted by molar-refractivity contribution is 5.92. The summed E-state index contributed by atoms with van der Waals surface area (Å²) in [5, 5.41) is 11.0. The van der Waals surface area contributed by atoms with Gasteiger partial charge in [-0.3, -0.25) is 9.89 Å². The number of nitrogens with one attached hydrogen (secondary N) is 1. The Labute approximate surface area is 126 Å². The number of hydrogen-bond donors (Lipinski definition) is 1. The van der Waals surface area contributed by atoms with E-state index in [0.29, 0.717) is 24.6 Å². The summed E-state index contributed by atoms with van der Waals surface area (Å²) in [6.45, 7) is 0.506. The molecule has 2 atom stereocenters. The Kier molecular flexibility index (Phi) is 3.18.